The highest BCUT2D eigenvalue weighted by atomic mass is 35.5. The normalized spacial score (nSPS) is 11.3. The molecule has 10 nitrogen and oxygen atoms in total. The molecular formula is C27H31ClN6O4S. The molecule has 1 heterocycles. The fourth-order valence-corrected chi connectivity index (χ4v) is 5.41. The van der Waals surface area contributed by atoms with E-state index >= 15 is 0 Å². The zero-order chi connectivity index (χ0) is 27.3. The molecule has 0 bridgehead atoms. The van der Waals surface area contributed by atoms with Crippen LogP contribution in [-0.2, 0) is 32.6 Å². The number of amidine groups is 1. The molecular weight excluding hydrogens is 540 g/mol. The molecule has 0 atom stereocenters. The van der Waals surface area contributed by atoms with Crippen LogP contribution < -0.4 is 11.1 Å². The molecule has 39 heavy (non-hydrogen) atoms. The van der Waals surface area contributed by atoms with Crippen LogP contribution in [0.2, 0.25) is 0 Å². The van der Waals surface area contributed by atoms with E-state index in [0.29, 0.717) is 17.9 Å². The van der Waals surface area contributed by atoms with Gasteiger partial charge in [0.2, 0.25) is 10.0 Å². The number of fused-ring (bicyclic) bond motifs is 1. The molecule has 0 aliphatic heterocycles. The standard InChI is InChI=1S/C27H30N6O4S.ClH/c1-3-37-25(34)17-33(38(35,36)22-7-5-4-6-8-22)16-20-11-14-23-26(18(20)2)32-24(31-23)15-30-21-12-9-19(10-13-21)27(28)29;/h4-14,30H,3,15-17H2,1-2H3,(H3,28,29)(H,31,32);1H. The number of hydrogen-bond donors (Lipinski definition) is 4. The number of esters is 1. The van der Waals surface area contributed by atoms with Gasteiger partial charge in [-0.05, 0) is 67.4 Å². The van der Waals surface area contributed by atoms with Crippen LogP contribution in [0.3, 0.4) is 0 Å². The first-order valence-corrected chi connectivity index (χ1v) is 13.5. The van der Waals surface area contributed by atoms with Crippen LogP contribution >= 0.6 is 12.4 Å². The van der Waals surface area contributed by atoms with E-state index in [4.69, 9.17) is 20.9 Å². The van der Waals surface area contributed by atoms with Gasteiger partial charge in [0.1, 0.15) is 18.2 Å². The fourth-order valence-electron chi connectivity index (χ4n) is 4.02. The number of nitrogens with zero attached hydrogens (tertiary/aromatic N) is 2. The van der Waals surface area contributed by atoms with Crippen LogP contribution in [0.15, 0.2) is 71.6 Å². The number of imidazole rings is 1. The van der Waals surface area contributed by atoms with Crippen molar-refractivity contribution in [1.29, 1.82) is 5.41 Å². The summed E-state index contributed by atoms with van der Waals surface area (Å²) >= 11 is 0. The number of carbonyl (C=O) groups excluding carboxylic acids is 1. The van der Waals surface area contributed by atoms with Crippen molar-refractivity contribution in [3.63, 3.8) is 0 Å². The Morgan fingerprint density at radius 3 is 2.44 bits per heavy atom. The quantitative estimate of drug-likeness (QED) is 0.121. The van der Waals surface area contributed by atoms with E-state index in [1.807, 2.05) is 31.2 Å². The van der Waals surface area contributed by atoms with E-state index in [-0.39, 0.29) is 36.3 Å². The van der Waals surface area contributed by atoms with Gasteiger partial charge in [-0.15, -0.1) is 12.4 Å². The largest absolute Gasteiger partial charge is 0.465 e. The SMILES string of the molecule is CCOC(=O)CN(Cc1ccc2[nH]c(CNc3ccc(C(=N)N)cc3)nc2c1C)S(=O)(=O)c1ccccc1.Cl. The van der Waals surface area contributed by atoms with Gasteiger partial charge in [-0.25, -0.2) is 13.4 Å². The van der Waals surface area contributed by atoms with Gasteiger partial charge in [0.15, 0.2) is 0 Å². The molecule has 5 N–H and O–H groups in total. The van der Waals surface area contributed by atoms with Gasteiger partial charge in [-0.2, -0.15) is 4.31 Å². The molecule has 0 saturated heterocycles. The van der Waals surface area contributed by atoms with Crippen LogP contribution in [-0.4, -0.2) is 47.6 Å². The van der Waals surface area contributed by atoms with Crippen molar-refractivity contribution in [3.05, 3.63) is 89.2 Å². The lowest BCUT2D eigenvalue weighted by Gasteiger charge is -2.22. The molecule has 0 unspecified atom stereocenters. The summed E-state index contributed by atoms with van der Waals surface area (Å²) in [4.78, 5) is 20.4. The summed E-state index contributed by atoms with van der Waals surface area (Å²) in [5.74, 6) is 0.101. The number of nitrogens with two attached hydrogens (primary N) is 1. The summed E-state index contributed by atoms with van der Waals surface area (Å²) < 4.78 is 33.0. The Labute approximate surface area is 233 Å². The highest BCUT2D eigenvalue weighted by Crippen LogP contribution is 2.25. The number of rotatable bonds is 11. The molecule has 3 aromatic carbocycles. The number of sulfonamides is 1. The van der Waals surface area contributed by atoms with Gasteiger partial charge >= 0.3 is 5.97 Å². The van der Waals surface area contributed by atoms with Crippen LogP contribution in [0.25, 0.3) is 11.0 Å². The summed E-state index contributed by atoms with van der Waals surface area (Å²) in [6, 6.07) is 18.9. The second-order valence-electron chi connectivity index (χ2n) is 8.67. The van der Waals surface area contributed by atoms with Gasteiger partial charge < -0.3 is 20.8 Å². The van der Waals surface area contributed by atoms with E-state index in [2.05, 4.69) is 10.3 Å². The molecule has 0 spiro atoms. The predicted octanol–water partition coefficient (Wildman–Crippen LogP) is 3.94. The van der Waals surface area contributed by atoms with E-state index in [1.54, 1.807) is 37.3 Å². The molecule has 1 aromatic heterocycles. The number of nitrogen functional groups attached to an aromatic ring is 1. The number of nitrogens with one attached hydrogen (secondary N) is 3. The van der Waals surface area contributed by atoms with Gasteiger partial charge in [0, 0.05) is 17.8 Å². The number of aryl methyl sites for hydroxylation is 1. The Morgan fingerprint density at radius 1 is 1.10 bits per heavy atom. The van der Waals surface area contributed by atoms with Gasteiger partial charge in [0.25, 0.3) is 0 Å². The first-order chi connectivity index (χ1) is 18.2. The molecule has 0 saturated carbocycles. The number of halogens is 1. The van der Waals surface area contributed by atoms with Crippen LogP contribution in [0.4, 0.5) is 5.69 Å². The summed E-state index contributed by atoms with van der Waals surface area (Å²) in [6.45, 7) is 3.74. The minimum absolute atomic E-state index is 0. The van der Waals surface area contributed by atoms with Gasteiger partial charge in [0.05, 0.1) is 29.1 Å². The number of anilines is 1. The minimum atomic E-state index is -3.95. The van der Waals surface area contributed by atoms with Gasteiger partial charge in [-0.1, -0.05) is 24.3 Å². The number of carbonyl (C=O) groups is 1. The first-order valence-electron chi connectivity index (χ1n) is 12.0. The highest BCUT2D eigenvalue weighted by molar-refractivity contribution is 7.89. The maximum Gasteiger partial charge on any atom is 0.321 e. The number of benzene rings is 3. The van der Waals surface area contributed by atoms with Crippen LogP contribution in [0.5, 0.6) is 0 Å². The lowest BCUT2D eigenvalue weighted by atomic mass is 10.1. The molecule has 0 aliphatic carbocycles. The molecule has 0 radical (unpaired) electrons. The van der Waals surface area contributed by atoms with E-state index in [9.17, 15) is 13.2 Å². The topological polar surface area (TPSA) is 154 Å². The monoisotopic (exact) mass is 570 g/mol. The van der Waals surface area contributed by atoms with Crippen LogP contribution in [0.1, 0.15) is 29.4 Å². The fraction of sp³-hybridized carbons (Fsp3) is 0.222. The highest BCUT2D eigenvalue weighted by Gasteiger charge is 2.28. The van der Waals surface area contributed by atoms with Crippen molar-refractivity contribution in [3.8, 4) is 0 Å². The van der Waals surface area contributed by atoms with E-state index in [1.165, 1.54) is 12.1 Å². The lowest BCUT2D eigenvalue weighted by Crippen LogP contribution is -2.36. The first kappa shape index (κ1) is 29.6. The summed E-state index contributed by atoms with van der Waals surface area (Å²) in [7, 11) is -3.95. The lowest BCUT2D eigenvalue weighted by molar-refractivity contribution is -0.143. The third-order valence-electron chi connectivity index (χ3n) is 6.06. The Bertz CT molecular complexity index is 1560. The van der Waals surface area contributed by atoms with Crippen molar-refractivity contribution in [1.82, 2.24) is 14.3 Å². The number of aromatic nitrogens is 2. The number of H-pyrrole nitrogens is 1. The Hall–Kier alpha value is -3.93. The van der Waals surface area contributed by atoms with Crippen molar-refractivity contribution in [2.24, 2.45) is 5.73 Å². The smallest absolute Gasteiger partial charge is 0.321 e. The summed E-state index contributed by atoms with van der Waals surface area (Å²) in [6.07, 6.45) is 0. The Balaban J connectivity index is 0.00000420. The minimum Gasteiger partial charge on any atom is -0.465 e. The maximum atomic E-state index is 13.4. The third-order valence-corrected chi connectivity index (χ3v) is 7.87. The van der Waals surface area contributed by atoms with Crippen molar-refractivity contribution < 1.29 is 17.9 Å². The molecule has 4 rings (SSSR count). The Kier molecular flexibility index (Phi) is 9.68. The van der Waals surface area contributed by atoms with Crippen molar-refractivity contribution in [2.45, 2.75) is 31.8 Å². The molecule has 12 heteroatoms. The second-order valence-corrected chi connectivity index (χ2v) is 10.6. The van der Waals surface area contributed by atoms with Gasteiger partial charge in [-0.3, -0.25) is 10.2 Å². The van der Waals surface area contributed by atoms with Crippen LogP contribution in [0, 0.1) is 12.3 Å². The van der Waals surface area contributed by atoms with Crippen molar-refractivity contribution in [2.75, 3.05) is 18.5 Å². The third kappa shape index (κ3) is 6.94. The van der Waals surface area contributed by atoms with E-state index in [0.717, 1.165) is 32.2 Å². The average Bonchev–Trinajstić information content (AvgIpc) is 3.33. The summed E-state index contributed by atoms with van der Waals surface area (Å²) in [5.41, 5.74) is 10.1. The molecule has 0 amide bonds. The number of aromatic amines is 1. The molecule has 0 aliphatic rings. The number of ether oxygens (including phenoxy) is 1. The molecule has 206 valence electrons. The maximum absolute atomic E-state index is 13.4. The second kappa shape index (κ2) is 12.7. The zero-order valence-electron chi connectivity index (χ0n) is 21.6. The predicted molar refractivity (Wildman–Crippen MR) is 154 cm³/mol. The van der Waals surface area contributed by atoms with E-state index < -0.39 is 22.5 Å². The Morgan fingerprint density at radius 2 is 1.79 bits per heavy atom. The zero-order valence-corrected chi connectivity index (χ0v) is 23.2. The average molecular weight is 571 g/mol. The molecule has 0 fully saturated rings. The molecule has 4 aromatic rings. The number of hydrogen-bond acceptors (Lipinski definition) is 7. The van der Waals surface area contributed by atoms with Crippen molar-refractivity contribution >= 4 is 51.0 Å². The summed E-state index contributed by atoms with van der Waals surface area (Å²) in [5, 5.41) is 10.8.